The molecule has 1 aliphatic rings. The Morgan fingerprint density at radius 2 is 2.00 bits per heavy atom. The van der Waals surface area contributed by atoms with Gasteiger partial charge < -0.3 is 10.5 Å². The van der Waals surface area contributed by atoms with Crippen LogP contribution in [-0.4, -0.2) is 19.1 Å². The lowest BCUT2D eigenvalue weighted by Crippen LogP contribution is -2.42. The second-order valence-corrected chi connectivity index (χ2v) is 4.51. The van der Waals surface area contributed by atoms with E-state index in [1.54, 1.807) is 0 Å². The standard InChI is InChI=1S/C12H23NO2/c1-3-10(12(14)15-2)11(13)9-7-5-4-6-8-9/h9-11H,3-8,13H2,1-2H3. The van der Waals surface area contributed by atoms with Crippen LogP contribution in [0, 0.1) is 11.8 Å². The summed E-state index contributed by atoms with van der Waals surface area (Å²) in [5.74, 6) is 0.261. The number of hydrogen-bond acceptors (Lipinski definition) is 3. The second kappa shape index (κ2) is 6.11. The van der Waals surface area contributed by atoms with Crippen LogP contribution < -0.4 is 5.73 Å². The van der Waals surface area contributed by atoms with Gasteiger partial charge in [0.1, 0.15) is 0 Å². The quantitative estimate of drug-likeness (QED) is 0.727. The molecule has 1 fully saturated rings. The second-order valence-electron chi connectivity index (χ2n) is 4.51. The third-order valence-corrected chi connectivity index (χ3v) is 3.60. The first-order valence-corrected chi connectivity index (χ1v) is 6.04. The highest BCUT2D eigenvalue weighted by Crippen LogP contribution is 2.29. The first-order valence-electron chi connectivity index (χ1n) is 6.04. The SMILES string of the molecule is CCC(C(=O)OC)C(N)C1CCCCC1. The Morgan fingerprint density at radius 3 is 2.47 bits per heavy atom. The van der Waals surface area contributed by atoms with Gasteiger partial charge >= 0.3 is 5.97 Å². The summed E-state index contributed by atoms with van der Waals surface area (Å²) in [6, 6.07) is -0.0113. The molecule has 0 saturated heterocycles. The van der Waals surface area contributed by atoms with Crippen molar-refractivity contribution in [3.8, 4) is 0 Å². The lowest BCUT2D eigenvalue weighted by atomic mass is 9.78. The summed E-state index contributed by atoms with van der Waals surface area (Å²) in [6.45, 7) is 2.00. The average Bonchev–Trinajstić information content (AvgIpc) is 2.30. The predicted octanol–water partition coefficient (Wildman–Crippen LogP) is 2.09. The maximum atomic E-state index is 11.5. The van der Waals surface area contributed by atoms with E-state index in [0.717, 1.165) is 6.42 Å². The van der Waals surface area contributed by atoms with Crippen molar-refractivity contribution in [2.45, 2.75) is 51.5 Å². The third kappa shape index (κ3) is 3.20. The molecule has 1 saturated carbocycles. The van der Waals surface area contributed by atoms with Crippen molar-refractivity contribution in [1.82, 2.24) is 0 Å². The van der Waals surface area contributed by atoms with E-state index in [-0.39, 0.29) is 17.9 Å². The van der Waals surface area contributed by atoms with Gasteiger partial charge in [-0.15, -0.1) is 0 Å². The highest BCUT2D eigenvalue weighted by Gasteiger charge is 2.31. The fraction of sp³-hybridized carbons (Fsp3) is 0.917. The number of esters is 1. The largest absolute Gasteiger partial charge is 0.469 e. The van der Waals surface area contributed by atoms with Crippen molar-refractivity contribution >= 4 is 5.97 Å². The fourth-order valence-corrected chi connectivity index (χ4v) is 2.59. The molecular weight excluding hydrogens is 190 g/mol. The van der Waals surface area contributed by atoms with Crippen molar-refractivity contribution in [3.63, 3.8) is 0 Å². The molecule has 1 aliphatic carbocycles. The van der Waals surface area contributed by atoms with Crippen molar-refractivity contribution < 1.29 is 9.53 Å². The van der Waals surface area contributed by atoms with Gasteiger partial charge in [-0.25, -0.2) is 0 Å². The van der Waals surface area contributed by atoms with Crippen LogP contribution in [0.1, 0.15) is 45.4 Å². The molecule has 0 aromatic rings. The van der Waals surface area contributed by atoms with Gasteiger partial charge in [-0.3, -0.25) is 4.79 Å². The Labute approximate surface area is 92.4 Å². The predicted molar refractivity (Wildman–Crippen MR) is 60.3 cm³/mol. The molecule has 3 nitrogen and oxygen atoms in total. The van der Waals surface area contributed by atoms with E-state index in [1.165, 1.54) is 39.2 Å². The summed E-state index contributed by atoms with van der Waals surface area (Å²) in [5, 5.41) is 0. The van der Waals surface area contributed by atoms with Crippen LogP contribution in [0.4, 0.5) is 0 Å². The smallest absolute Gasteiger partial charge is 0.310 e. The summed E-state index contributed by atoms with van der Waals surface area (Å²) < 4.78 is 4.80. The molecule has 2 N–H and O–H groups in total. The Morgan fingerprint density at radius 1 is 1.40 bits per heavy atom. The minimum Gasteiger partial charge on any atom is -0.469 e. The number of nitrogens with two attached hydrogens (primary N) is 1. The monoisotopic (exact) mass is 213 g/mol. The highest BCUT2D eigenvalue weighted by atomic mass is 16.5. The molecule has 88 valence electrons. The molecule has 3 heteroatoms. The van der Waals surface area contributed by atoms with E-state index in [9.17, 15) is 4.79 Å². The van der Waals surface area contributed by atoms with Crippen molar-refractivity contribution in [1.29, 1.82) is 0 Å². The minimum atomic E-state index is -0.143. The zero-order valence-electron chi connectivity index (χ0n) is 9.87. The zero-order valence-corrected chi connectivity index (χ0v) is 9.87. The van der Waals surface area contributed by atoms with Crippen molar-refractivity contribution in [2.24, 2.45) is 17.6 Å². The van der Waals surface area contributed by atoms with Gasteiger partial charge in [0, 0.05) is 6.04 Å². The first kappa shape index (κ1) is 12.5. The summed E-state index contributed by atoms with van der Waals surface area (Å²) in [4.78, 5) is 11.5. The minimum absolute atomic E-state index is 0.0113. The van der Waals surface area contributed by atoms with Crippen LogP contribution in [0.3, 0.4) is 0 Å². The Kier molecular flexibility index (Phi) is 5.09. The number of ether oxygens (including phenoxy) is 1. The van der Waals surface area contributed by atoms with Crippen LogP contribution in [0.2, 0.25) is 0 Å². The first-order chi connectivity index (χ1) is 7.20. The summed E-state index contributed by atoms with van der Waals surface area (Å²) in [6.07, 6.45) is 6.97. The van der Waals surface area contributed by atoms with Gasteiger partial charge in [0.05, 0.1) is 13.0 Å². The van der Waals surface area contributed by atoms with E-state index in [2.05, 4.69) is 0 Å². The van der Waals surface area contributed by atoms with Gasteiger partial charge in [-0.2, -0.15) is 0 Å². The van der Waals surface area contributed by atoms with Gasteiger partial charge in [-0.1, -0.05) is 26.2 Å². The van der Waals surface area contributed by atoms with E-state index in [0.29, 0.717) is 5.92 Å². The zero-order chi connectivity index (χ0) is 11.3. The molecule has 1 rings (SSSR count). The Balaban J connectivity index is 2.54. The molecule has 0 bridgehead atoms. The van der Waals surface area contributed by atoms with Crippen LogP contribution in [0.25, 0.3) is 0 Å². The van der Waals surface area contributed by atoms with Crippen LogP contribution in [0.15, 0.2) is 0 Å². The lowest BCUT2D eigenvalue weighted by Gasteiger charge is -2.31. The topological polar surface area (TPSA) is 52.3 Å². The summed E-state index contributed by atoms with van der Waals surface area (Å²) in [7, 11) is 1.44. The number of carbonyl (C=O) groups excluding carboxylic acids is 1. The van der Waals surface area contributed by atoms with Gasteiger partial charge in [0.25, 0.3) is 0 Å². The number of hydrogen-bond donors (Lipinski definition) is 1. The van der Waals surface area contributed by atoms with Gasteiger partial charge in [0.2, 0.25) is 0 Å². The normalized spacial score (nSPS) is 22.1. The van der Waals surface area contributed by atoms with E-state index in [1.807, 2.05) is 6.92 Å². The van der Waals surface area contributed by atoms with Crippen molar-refractivity contribution in [3.05, 3.63) is 0 Å². The van der Waals surface area contributed by atoms with Crippen LogP contribution >= 0.6 is 0 Å². The fourth-order valence-electron chi connectivity index (χ4n) is 2.59. The molecule has 15 heavy (non-hydrogen) atoms. The Hall–Kier alpha value is -0.570. The van der Waals surface area contributed by atoms with Crippen LogP contribution in [0.5, 0.6) is 0 Å². The highest BCUT2D eigenvalue weighted by molar-refractivity contribution is 5.73. The summed E-state index contributed by atoms with van der Waals surface area (Å²) in [5.41, 5.74) is 6.18. The number of carbonyl (C=O) groups is 1. The molecule has 2 unspecified atom stereocenters. The molecule has 0 aliphatic heterocycles. The number of methoxy groups -OCH3 is 1. The molecule has 0 spiro atoms. The van der Waals surface area contributed by atoms with Crippen LogP contribution in [-0.2, 0) is 9.53 Å². The molecule has 0 aromatic heterocycles. The lowest BCUT2D eigenvalue weighted by molar-refractivity contribution is -0.146. The molecule has 0 radical (unpaired) electrons. The van der Waals surface area contributed by atoms with Crippen molar-refractivity contribution in [2.75, 3.05) is 7.11 Å². The molecule has 0 amide bonds. The Bertz CT molecular complexity index is 200. The molecule has 2 atom stereocenters. The van der Waals surface area contributed by atoms with Gasteiger partial charge in [0.15, 0.2) is 0 Å². The maximum absolute atomic E-state index is 11.5. The van der Waals surface area contributed by atoms with E-state index >= 15 is 0 Å². The third-order valence-electron chi connectivity index (χ3n) is 3.60. The van der Waals surface area contributed by atoms with E-state index in [4.69, 9.17) is 10.5 Å². The summed E-state index contributed by atoms with van der Waals surface area (Å²) >= 11 is 0. The maximum Gasteiger partial charge on any atom is 0.310 e. The molecule has 0 heterocycles. The number of rotatable bonds is 4. The van der Waals surface area contributed by atoms with Gasteiger partial charge in [-0.05, 0) is 25.2 Å². The average molecular weight is 213 g/mol. The molecule has 0 aromatic carbocycles. The van der Waals surface area contributed by atoms with E-state index < -0.39 is 0 Å². The molecular formula is C12H23NO2.